The van der Waals surface area contributed by atoms with Crippen LogP contribution < -0.4 is 5.32 Å². The molecule has 1 atom stereocenters. The zero-order valence-electron chi connectivity index (χ0n) is 13.3. The van der Waals surface area contributed by atoms with Crippen LogP contribution in [0.3, 0.4) is 0 Å². The van der Waals surface area contributed by atoms with E-state index in [0.29, 0.717) is 5.56 Å². The third kappa shape index (κ3) is 3.24. The first-order chi connectivity index (χ1) is 11.2. The van der Waals surface area contributed by atoms with Crippen LogP contribution in [0, 0.1) is 24.0 Å². The number of hydrogen-bond donors (Lipinski definition) is 2. The molecule has 1 aromatic heterocycles. The molecule has 0 fully saturated rings. The number of nitrogens with one attached hydrogen (secondary N) is 1. The number of aromatic nitrogens is 2. The number of carboxylic acids is 1. The molecule has 24 heavy (non-hydrogen) atoms. The standard InChI is InChI=1S/C15H16N4O5/c1-8-5-4-6-10(9(8)2)12(15(21)22)16-14(20)13-11(19(23)24)7-18(3)17-13/h4-7,12H,1-3H3,(H,16,20)(H,21,22). The van der Waals surface area contributed by atoms with Gasteiger partial charge in [0, 0.05) is 7.05 Å². The number of rotatable bonds is 5. The summed E-state index contributed by atoms with van der Waals surface area (Å²) in [5.41, 5.74) is 1.09. The molecule has 126 valence electrons. The van der Waals surface area contributed by atoms with Crippen LogP contribution >= 0.6 is 0 Å². The summed E-state index contributed by atoms with van der Waals surface area (Å²) in [6.45, 7) is 3.57. The lowest BCUT2D eigenvalue weighted by atomic mass is 9.97. The normalized spacial score (nSPS) is 11.8. The van der Waals surface area contributed by atoms with Crippen LogP contribution in [0.5, 0.6) is 0 Å². The van der Waals surface area contributed by atoms with Crippen molar-refractivity contribution in [1.29, 1.82) is 0 Å². The number of carbonyl (C=O) groups is 2. The first-order valence-corrected chi connectivity index (χ1v) is 7.00. The SMILES string of the molecule is Cc1cccc(C(NC(=O)c2nn(C)cc2[N+](=O)[O-])C(=O)O)c1C. The molecular weight excluding hydrogens is 316 g/mol. The lowest BCUT2D eigenvalue weighted by Crippen LogP contribution is -2.34. The van der Waals surface area contributed by atoms with E-state index in [1.54, 1.807) is 19.1 Å². The van der Waals surface area contributed by atoms with E-state index < -0.39 is 34.2 Å². The van der Waals surface area contributed by atoms with Gasteiger partial charge in [-0.05, 0) is 30.5 Å². The molecule has 2 rings (SSSR count). The molecule has 1 amide bonds. The number of carbonyl (C=O) groups excluding carboxylic acids is 1. The predicted molar refractivity (Wildman–Crippen MR) is 83.6 cm³/mol. The summed E-state index contributed by atoms with van der Waals surface area (Å²) in [6.07, 6.45) is 1.09. The lowest BCUT2D eigenvalue weighted by molar-refractivity contribution is -0.385. The summed E-state index contributed by atoms with van der Waals surface area (Å²) in [5.74, 6) is -2.19. The summed E-state index contributed by atoms with van der Waals surface area (Å²) in [7, 11) is 1.43. The highest BCUT2D eigenvalue weighted by atomic mass is 16.6. The number of aryl methyl sites for hydroxylation is 2. The van der Waals surface area contributed by atoms with Gasteiger partial charge in [0.05, 0.1) is 4.92 Å². The van der Waals surface area contributed by atoms with E-state index in [4.69, 9.17) is 0 Å². The highest BCUT2D eigenvalue weighted by Crippen LogP contribution is 2.22. The van der Waals surface area contributed by atoms with Crippen LogP contribution in [0.4, 0.5) is 5.69 Å². The molecule has 0 aliphatic carbocycles. The highest BCUT2D eigenvalue weighted by Gasteiger charge is 2.30. The van der Waals surface area contributed by atoms with Crippen molar-refractivity contribution in [3.63, 3.8) is 0 Å². The van der Waals surface area contributed by atoms with E-state index in [0.717, 1.165) is 22.0 Å². The Balaban J connectivity index is 2.39. The van der Waals surface area contributed by atoms with Gasteiger partial charge in [-0.1, -0.05) is 18.2 Å². The van der Waals surface area contributed by atoms with Crippen LogP contribution in [0.25, 0.3) is 0 Å². The van der Waals surface area contributed by atoms with Crippen molar-refractivity contribution in [2.75, 3.05) is 0 Å². The Morgan fingerprint density at radius 1 is 1.38 bits per heavy atom. The molecule has 0 radical (unpaired) electrons. The minimum Gasteiger partial charge on any atom is -0.479 e. The summed E-state index contributed by atoms with van der Waals surface area (Å²) in [6, 6.07) is 3.76. The Labute approximate surface area is 137 Å². The van der Waals surface area contributed by atoms with Crippen molar-refractivity contribution in [2.24, 2.45) is 7.05 Å². The van der Waals surface area contributed by atoms with Gasteiger partial charge >= 0.3 is 11.7 Å². The zero-order valence-corrected chi connectivity index (χ0v) is 13.3. The second-order valence-corrected chi connectivity index (χ2v) is 5.33. The second kappa shape index (κ2) is 6.49. The molecule has 0 aliphatic rings. The molecule has 1 aromatic carbocycles. The van der Waals surface area contributed by atoms with Crippen LogP contribution in [-0.2, 0) is 11.8 Å². The van der Waals surface area contributed by atoms with Gasteiger partial charge < -0.3 is 10.4 Å². The maximum absolute atomic E-state index is 12.3. The number of aliphatic carboxylic acids is 1. The number of nitrogens with zero attached hydrogens (tertiary/aromatic N) is 3. The van der Waals surface area contributed by atoms with Gasteiger partial charge in [0.25, 0.3) is 5.91 Å². The summed E-state index contributed by atoms with van der Waals surface area (Å²) < 4.78 is 1.13. The molecule has 0 aliphatic heterocycles. The van der Waals surface area contributed by atoms with Crippen molar-refractivity contribution < 1.29 is 19.6 Å². The molecule has 0 saturated carbocycles. The molecule has 0 bridgehead atoms. The molecule has 9 nitrogen and oxygen atoms in total. The van der Waals surface area contributed by atoms with E-state index >= 15 is 0 Å². The first kappa shape index (κ1) is 17.1. The van der Waals surface area contributed by atoms with Gasteiger partial charge in [0.15, 0.2) is 6.04 Å². The fourth-order valence-corrected chi connectivity index (χ4v) is 2.33. The topological polar surface area (TPSA) is 127 Å². The van der Waals surface area contributed by atoms with E-state index in [2.05, 4.69) is 10.4 Å². The Bertz CT molecular complexity index is 827. The molecule has 9 heteroatoms. The van der Waals surface area contributed by atoms with E-state index in [1.807, 2.05) is 13.0 Å². The van der Waals surface area contributed by atoms with E-state index in [9.17, 15) is 24.8 Å². The third-order valence-electron chi connectivity index (χ3n) is 3.70. The van der Waals surface area contributed by atoms with Crippen molar-refractivity contribution >= 4 is 17.6 Å². The molecule has 1 heterocycles. The average molecular weight is 332 g/mol. The summed E-state index contributed by atoms with van der Waals surface area (Å²) in [4.78, 5) is 34.1. The number of benzene rings is 1. The van der Waals surface area contributed by atoms with Crippen LogP contribution in [-0.4, -0.2) is 31.7 Å². The monoisotopic (exact) mass is 332 g/mol. The van der Waals surface area contributed by atoms with Crippen molar-refractivity contribution in [1.82, 2.24) is 15.1 Å². The number of carboxylic acid groups (broad SMARTS) is 1. The smallest absolute Gasteiger partial charge is 0.330 e. The Morgan fingerprint density at radius 3 is 2.62 bits per heavy atom. The van der Waals surface area contributed by atoms with Gasteiger partial charge in [-0.2, -0.15) is 5.10 Å². The zero-order chi connectivity index (χ0) is 18.0. The van der Waals surface area contributed by atoms with Gasteiger partial charge in [0.1, 0.15) is 6.20 Å². The fraction of sp³-hybridized carbons (Fsp3) is 0.267. The molecule has 2 N–H and O–H groups in total. The Hall–Kier alpha value is -3.23. The highest BCUT2D eigenvalue weighted by molar-refractivity contribution is 5.98. The molecule has 0 spiro atoms. The molecule has 0 saturated heterocycles. The average Bonchev–Trinajstić information content (AvgIpc) is 2.90. The maximum atomic E-state index is 12.3. The number of nitro groups is 1. The summed E-state index contributed by atoms with van der Waals surface area (Å²) >= 11 is 0. The minimum absolute atomic E-state index is 0.412. The van der Waals surface area contributed by atoms with Gasteiger partial charge in [-0.25, -0.2) is 4.79 Å². The third-order valence-corrected chi connectivity index (χ3v) is 3.70. The Kier molecular flexibility index (Phi) is 4.63. The van der Waals surface area contributed by atoms with Crippen molar-refractivity contribution in [2.45, 2.75) is 19.9 Å². The predicted octanol–water partition coefficient (Wildman–Crippen LogP) is 1.50. The van der Waals surface area contributed by atoms with Gasteiger partial charge in [-0.3, -0.25) is 19.6 Å². The fourth-order valence-electron chi connectivity index (χ4n) is 2.33. The minimum atomic E-state index is -1.33. The summed E-state index contributed by atoms with van der Waals surface area (Å²) in [5, 5.41) is 26.5. The molecular formula is C15H16N4O5. The van der Waals surface area contributed by atoms with Gasteiger partial charge in [0.2, 0.25) is 5.69 Å². The van der Waals surface area contributed by atoms with E-state index in [1.165, 1.54) is 7.05 Å². The second-order valence-electron chi connectivity index (χ2n) is 5.33. The first-order valence-electron chi connectivity index (χ1n) is 7.00. The van der Waals surface area contributed by atoms with Crippen molar-refractivity contribution in [3.8, 4) is 0 Å². The van der Waals surface area contributed by atoms with Crippen LogP contribution in [0.2, 0.25) is 0 Å². The quantitative estimate of drug-likeness (QED) is 0.631. The molecule has 2 aromatic rings. The maximum Gasteiger partial charge on any atom is 0.330 e. The lowest BCUT2D eigenvalue weighted by Gasteiger charge is -2.17. The largest absolute Gasteiger partial charge is 0.479 e. The number of amides is 1. The number of hydrogen-bond acceptors (Lipinski definition) is 5. The molecule has 1 unspecified atom stereocenters. The van der Waals surface area contributed by atoms with E-state index in [-0.39, 0.29) is 0 Å². The van der Waals surface area contributed by atoms with Crippen LogP contribution in [0.15, 0.2) is 24.4 Å². The van der Waals surface area contributed by atoms with Gasteiger partial charge in [-0.15, -0.1) is 0 Å². The van der Waals surface area contributed by atoms with Crippen LogP contribution in [0.1, 0.15) is 33.2 Å². The van der Waals surface area contributed by atoms with Crippen molar-refractivity contribution in [3.05, 3.63) is 56.9 Å². The Morgan fingerprint density at radius 2 is 2.04 bits per heavy atom.